The van der Waals surface area contributed by atoms with E-state index in [0.29, 0.717) is 10.7 Å². The number of nitrogens with zero attached hydrogens (tertiary/aromatic N) is 2. The third kappa shape index (κ3) is 3.84. The molecule has 5 nitrogen and oxygen atoms in total. The predicted molar refractivity (Wildman–Crippen MR) is 117 cm³/mol. The van der Waals surface area contributed by atoms with Crippen LogP contribution in [0.3, 0.4) is 0 Å². The lowest BCUT2D eigenvalue weighted by Crippen LogP contribution is -2.35. The molecule has 3 aromatic rings. The van der Waals surface area contributed by atoms with E-state index >= 15 is 0 Å². The van der Waals surface area contributed by atoms with E-state index in [4.69, 9.17) is 17.3 Å². The summed E-state index contributed by atoms with van der Waals surface area (Å²) in [5, 5.41) is 6.36. The van der Waals surface area contributed by atoms with Gasteiger partial charge >= 0.3 is 0 Å². The molecule has 0 saturated heterocycles. The van der Waals surface area contributed by atoms with Crippen molar-refractivity contribution >= 4 is 57.6 Å². The van der Waals surface area contributed by atoms with E-state index in [2.05, 4.69) is 10.3 Å². The fourth-order valence-electron chi connectivity index (χ4n) is 2.88. The number of rotatable bonds is 4. The average Bonchev–Trinajstić information content (AvgIpc) is 3.18. The molecular weight excluding hydrogens is 392 g/mol. The lowest BCUT2D eigenvalue weighted by molar-refractivity contribution is -0.111. The van der Waals surface area contributed by atoms with Gasteiger partial charge in [0.25, 0.3) is 0 Å². The topological polar surface area (TPSA) is 70.7 Å². The maximum atomic E-state index is 12.2. The minimum absolute atomic E-state index is 0.230. The number of carbonyl (C=O) groups excluding carboxylic acids is 1. The highest BCUT2D eigenvalue weighted by Gasteiger charge is 2.23. The molecule has 0 bridgehead atoms. The Kier molecular flexibility index (Phi) is 5.25. The van der Waals surface area contributed by atoms with Gasteiger partial charge in [-0.1, -0.05) is 29.8 Å². The van der Waals surface area contributed by atoms with Gasteiger partial charge in [-0.2, -0.15) is 0 Å². The van der Waals surface area contributed by atoms with Gasteiger partial charge in [0.1, 0.15) is 11.2 Å². The Balaban J connectivity index is 1.42. The Morgan fingerprint density at radius 2 is 1.96 bits per heavy atom. The van der Waals surface area contributed by atoms with Crippen LogP contribution in [0.5, 0.6) is 0 Å². The summed E-state index contributed by atoms with van der Waals surface area (Å²) in [7, 11) is 0. The van der Waals surface area contributed by atoms with Crippen molar-refractivity contribution in [1.82, 2.24) is 0 Å². The number of thiophene rings is 1. The molecule has 28 heavy (non-hydrogen) atoms. The molecule has 1 aromatic heterocycles. The second-order valence-corrected chi connectivity index (χ2v) is 7.47. The smallest absolute Gasteiger partial charge is 0.248 e. The number of fused-ring (bicyclic) bond motifs is 1. The zero-order valence-electron chi connectivity index (χ0n) is 14.7. The maximum Gasteiger partial charge on any atom is 0.248 e. The van der Waals surface area contributed by atoms with Crippen LogP contribution in [-0.4, -0.2) is 12.2 Å². The molecule has 7 heteroatoms. The number of nitrogens with one attached hydrogen (secondary N) is 1. The molecule has 1 unspecified atom stereocenters. The van der Waals surface area contributed by atoms with Gasteiger partial charge in [0.2, 0.25) is 5.91 Å². The molecule has 1 amide bonds. The number of benzene rings is 2. The van der Waals surface area contributed by atoms with Crippen LogP contribution >= 0.6 is 22.9 Å². The van der Waals surface area contributed by atoms with Crippen LogP contribution in [0, 0.1) is 0 Å². The highest BCUT2D eigenvalue weighted by atomic mass is 35.5. The van der Waals surface area contributed by atoms with Crippen molar-refractivity contribution in [3.8, 4) is 0 Å². The molecule has 2 aromatic carbocycles. The Labute approximate surface area is 171 Å². The van der Waals surface area contributed by atoms with Gasteiger partial charge in [-0.3, -0.25) is 4.79 Å². The van der Waals surface area contributed by atoms with Gasteiger partial charge in [-0.25, -0.2) is 4.99 Å². The largest absolute Gasteiger partial charge is 0.323 e. The van der Waals surface area contributed by atoms with Crippen LogP contribution in [0.15, 0.2) is 71.0 Å². The summed E-state index contributed by atoms with van der Waals surface area (Å²) in [5.74, 6) is -0.230. The number of halogens is 1. The zero-order valence-corrected chi connectivity index (χ0v) is 16.3. The molecule has 4 rings (SSSR count). The van der Waals surface area contributed by atoms with Gasteiger partial charge in [0.05, 0.1) is 6.34 Å². The molecule has 0 aliphatic carbocycles. The molecule has 0 saturated carbocycles. The predicted octanol–water partition coefficient (Wildman–Crippen LogP) is 5.19. The third-order valence-corrected chi connectivity index (χ3v) is 5.53. The molecule has 0 spiro atoms. The standard InChI is InChI=1S/C21H17ClN4OS/c22-18-4-2-1-3-14(18)5-10-19(27)25-15-6-8-16(9-7-15)26-13-24-21-17(20(26)23)11-12-28-21/h1-13,20H,23H2,(H,25,27)/b10-5+. The number of anilines is 2. The number of nitrogens with two attached hydrogens (primary N) is 1. The first-order chi connectivity index (χ1) is 13.6. The lowest BCUT2D eigenvalue weighted by Gasteiger charge is -2.29. The van der Waals surface area contributed by atoms with Crippen LogP contribution in [-0.2, 0) is 4.79 Å². The summed E-state index contributed by atoms with van der Waals surface area (Å²) in [6.45, 7) is 0. The summed E-state index contributed by atoms with van der Waals surface area (Å²) in [5.41, 5.74) is 9.74. The SMILES string of the molecule is NC1c2ccsc2N=CN1c1ccc(NC(=O)/C=C/c2ccccc2Cl)cc1. The molecule has 1 atom stereocenters. The Morgan fingerprint density at radius 1 is 1.18 bits per heavy atom. The number of hydrogen-bond acceptors (Lipinski definition) is 5. The van der Waals surface area contributed by atoms with E-state index in [1.165, 1.54) is 6.08 Å². The van der Waals surface area contributed by atoms with E-state index in [0.717, 1.165) is 21.8 Å². The second kappa shape index (κ2) is 7.98. The number of aliphatic imine (C=N–C) groups is 1. The summed E-state index contributed by atoms with van der Waals surface area (Å²) in [6, 6.07) is 16.8. The first-order valence-corrected chi connectivity index (χ1v) is 9.87. The van der Waals surface area contributed by atoms with Gasteiger partial charge in [0, 0.05) is 28.0 Å². The lowest BCUT2D eigenvalue weighted by atomic mass is 10.2. The molecule has 140 valence electrons. The third-order valence-electron chi connectivity index (χ3n) is 4.34. The molecule has 0 radical (unpaired) electrons. The Morgan fingerprint density at radius 3 is 2.75 bits per heavy atom. The normalized spacial score (nSPS) is 15.6. The van der Waals surface area contributed by atoms with E-state index in [9.17, 15) is 4.79 Å². The molecule has 0 fully saturated rings. The first-order valence-electron chi connectivity index (χ1n) is 8.61. The van der Waals surface area contributed by atoms with Crippen LogP contribution in [0.2, 0.25) is 5.02 Å². The Bertz CT molecular complexity index is 1060. The van der Waals surface area contributed by atoms with E-state index in [-0.39, 0.29) is 12.1 Å². The summed E-state index contributed by atoms with van der Waals surface area (Å²) in [4.78, 5) is 18.5. The second-order valence-electron chi connectivity index (χ2n) is 6.17. The van der Waals surface area contributed by atoms with Crippen molar-refractivity contribution in [1.29, 1.82) is 0 Å². The van der Waals surface area contributed by atoms with Crippen LogP contribution in [0.1, 0.15) is 17.3 Å². The van der Waals surface area contributed by atoms with Gasteiger partial charge in [-0.15, -0.1) is 11.3 Å². The van der Waals surface area contributed by atoms with E-state index in [1.54, 1.807) is 29.8 Å². The van der Waals surface area contributed by atoms with Crippen molar-refractivity contribution in [2.24, 2.45) is 10.7 Å². The van der Waals surface area contributed by atoms with Crippen molar-refractivity contribution in [3.63, 3.8) is 0 Å². The average molecular weight is 409 g/mol. The number of carbonyl (C=O) groups is 1. The summed E-state index contributed by atoms with van der Waals surface area (Å²) < 4.78 is 0. The van der Waals surface area contributed by atoms with Gasteiger partial charge in [0.15, 0.2) is 0 Å². The van der Waals surface area contributed by atoms with Crippen LogP contribution in [0.4, 0.5) is 16.4 Å². The summed E-state index contributed by atoms with van der Waals surface area (Å²) >= 11 is 7.66. The van der Waals surface area contributed by atoms with Crippen molar-refractivity contribution in [3.05, 3.63) is 82.2 Å². The van der Waals surface area contributed by atoms with Gasteiger partial charge < -0.3 is 16.0 Å². The minimum Gasteiger partial charge on any atom is -0.323 e. The van der Waals surface area contributed by atoms with Crippen molar-refractivity contribution < 1.29 is 4.79 Å². The molecule has 3 N–H and O–H groups in total. The number of hydrogen-bond donors (Lipinski definition) is 2. The molecule has 1 aliphatic heterocycles. The fourth-order valence-corrected chi connectivity index (χ4v) is 3.86. The molecule has 2 heterocycles. The minimum atomic E-state index is -0.280. The fraction of sp³-hybridized carbons (Fsp3) is 0.0476. The van der Waals surface area contributed by atoms with Crippen molar-refractivity contribution in [2.75, 3.05) is 10.2 Å². The van der Waals surface area contributed by atoms with E-state index in [1.807, 2.05) is 58.8 Å². The number of amides is 1. The summed E-state index contributed by atoms with van der Waals surface area (Å²) in [6.07, 6.45) is 4.61. The zero-order chi connectivity index (χ0) is 19.5. The van der Waals surface area contributed by atoms with Crippen LogP contribution < -0.4 is 16.0 Å². The molecule has 1 aliphatic rings. The maximum absolute atomic E-state index is 12.2. The van der Waals surface area contributed by atoms with Crippen LogP contribution in [0.25, 0.3) is 6.08 Å². The highest BCUT2D eigenvalue weighted by Crippen LogP contribution is 2.36. The molecular formula is C21H17ClN4OS. The highest BCUT2D eigenvalue weighted by molar-refractivity contribution is 7.14. The van der Waals surface area contributed by atoms with Crippen molar-refractivity contribution in [2.45, 2.75) is 6.17 Å². The Hall–Kier alpha value is -2.93. The van der Waals surface area contributed by atoms with E-state index < -0.39 is 0 Å². The monoisotopic (exact) mass is 408 g/mol. The van der Waals surface area contributed by atoms with Gasteiger partial charge in [-0.05, 0) is 53.4 Å². The first kappa shape index (κ1) is 18.4. The quantitative estimate of drug-likeness (QED) is 0.583.